The van der Waals surface area contributed by atoms with Gasteiger partial charge in [-0.3, -0.25) is 24.5 Å². The first-order valence-corrected chi connectivity index (χ1v) is 15.7. The van der Waals surface area contributed by atoms with Gasteiger partial charge in [-0.2, -0.15) is 0 Å². The predicted molar refractivity (Wildman–Crippen MR) is 164 cm³/mol. The third-order valence-corrected chi connectivity index (χ3v) is 8.66. The second-order valence-corrected chi connectivity index (χ2v) is 12.4. The molecule has 1 aliphatic carbocycles. The number of nitrogens with one attached hydrogen (secondary N) is 1. The fraction of sp³-hybridized carbons (Fsp3) is 0.258. The first kappa shape index (κ1) is 32.1. The lowest BCUT2D eigenvalue weighted by Crippen LogP contribution is -2.28. The smallest absolute Gasteiger partial charge is 0.324 e. The van der Waals surface area contributed by atoms with Crippen molar-refractivity contribution >= 4 is 55.9 Å². The number of hydrogen-bond donors (Lipinski definition) is 1. The summed E-state index contributed by atoms with van der Waals surface area (Å²) in [5, 5.41) is 14.9. The summed E-state index contributed by atoms with van der Waals surface area (Å²) in [7, 11) is -0.783. The van der Waals surface area contributed by atoms with Crippen molar-refractivity contribution in [3.8, 4) is 11.3 Å². The number of anilines is 2. The van der Waals surface area contributed by atoms with Crippen molar-refractivity contribution in [2.75, 3.05) is 31.8 Å². The van der Waals surface area contributed by atoms with Crippen LogP contribution >= 0.6 is 0 Å². The maximum absolute atomic E-state index is 13.7. The van der Waals surface area contributed by atoms with E-state index in [1.54, 1.807) is 6.07 Å². The molecule has 240 valence electrons. The van der Waals surface area contributed by atoms with E-state index in [-0.39, 0.29) is 34.2 Å². The summed E-state index contributed by atoms with van der Waals surface area (Å²) in [4.78, 5) is 49.5. The van der Waals surface area contributed by atoms with Gasteiger partial charge in [0.15, 0.2) is 5.92 Å². The van der Waals surface area contributed by atoms with Gasteiger partial charge in [0, 0.05) is 30.1 Å². The van der Waals surface area contributed by atoms with Gasteiger partial charge in [0.25, 0.3) is 11.6 Å². The van der Waals surface area contributed by atoms with Crippen LogP contribution in [0.5, 0.6) is 0 Å². The number of carbonyl (C=O) groups excluding carboxylic acids is 3. The minimum Gasteiger partial charge on any atom is -0.468 e. The first-order valence-electron chi connectivity index (χ1n) is 13.8. The Balaban J connectivity index is 1.80. The highest BCUT2D eigenvalue weighted by molar-refractivity contribution is 7.92. The van der Waals surface area contributed by atoms with E-state index in [0.717, 1.165) is 36.9 Å². The van der Waals surface area contributed by atoms with Crippen LogP contribution in [0.25, 0.3) is 22.3 Å². The quantitative estimate of drug-likeness (QED) is 0.107. The van der Waals surface area contributed by atoms with Crippen LogP contribution in [0.1, 0.15) is 46.2 Å². The molecule has 1 heterocycles. The van der Waals surface area contributed by atoms with E-state index in [1.165, 1.54) is 43.4 Å². The van der Waals surface area contributed by atoms with Crippen molar-refractivity contribution in [2.24, 2.45) is 0 Å². The van der Waals surface area contributed by atoms with E-state index < -0.39 is 55.8 Å². The summed E-state index contributed by atoms with van der Waals surface area (Å²) < 4.78 is 57.2. The lowest BCUT2D eigenvalue weighted by atomic mass is 9.96. The summed E-state index contributed by atoms with van der Waals surface area (Å²) in [6, 6.07) is 11.7. The van der Waals surface area contributed by atoms with E-state index in [9.17, 15) is 37.3 Å². The van der Waals surface area contributed by atoms with Crippen molar-refractivity contribution in [1.29, 1.82) is 0 Å². The normalized spacial score (nSPS) is 13.0. The van der Waals surface area contributed by atoms with Gasteiger partial charge in [-0.1, -0.05) is 0 Å². The molecule has 1 aromatic heterocycles. The summed E-state index contributed by atoms with van der Waals surface area (Å²) in [5.41, 5.74) is 0.180. The molecule has 0 radical (unpaired) electrons. The number of carbonyl (C=O) groups is 3. The Bertz CT molecular complexity index is 1990. The zero-order valence-corrected chi connectivity index (χ0v) is 25.8. The van der Waals surface area contributed by atoms with Gasteiger partial charge in [-0.05, 0) is 66.8 Å². The van der Waals surface area contributed by atoms with Crippen LogP contribution in [0, 0.1) is 15.9 Å². The molecule has 0 bridgehead atoms. The maximum Gasteiger partial charge on any atom is 0.324 e. The molecular weight excluding hydrogens is 625 g/mol. The maximum atomic E-state index is 13.7. The van der Waals surface area contributed by atoms with Crippen molar-refractivity contribution in [3.63, 3.8) is 0 Å². The average molecular weight is 654 g/mol. The number of rotatable bonds is 10. The molecule has 3 aromatic carbocycles. The molecule has 1 N–H and O–H groups in total. The van der Waals surface area contributed by atoms with Crippen LogP contribution < -0.4 is 9.62 Å². The Morgan fingerprint density at radius 3 is 2.20 bits per heavy atom. The van der Waals surface area contributed by atoms with Crippen LogP contribution in [0.3, 0.4) is 0 Å². The highest BCUT2D eigenvalue weighted by Crippen LogP contribution is 2.49. The topological polar surface area (TPSA) is 175 Å². The number of nitrogens with zero attached hydrogens (tertiary/aromatic N) is 2. The Labute approximate surface area is 262 Å². The lowest BCUT2D eigenvalue weighted by molar-refractivity contribution is -0.385. The number of methoxy groups -OCH3 is 2. The summed E-state index contributed by atoms with van der Waals surface area (Å²) in [5.74, 6) is -5.12. The number of furan rings is 1. The second kappa shape index (κ2) is 12.2. The molecule has 4 aromatic rings. The molecule has 1 fully saturated rings. The molecule has 1 aliphatic rings. The molecule has 13 nitrogen and oxygen atoms in total. The lowest BCUT2D eigenvalue weighted by Gasteiger charge is -2.26. The number of nitro benzene ring substituents is 1. The van der Waals surface area contributed by atoms with Crippen molar-refractivity contribution < 1.29 is 46.0 Å². The molecule has 0 saturated heterocycles. The molecule has 1 saturated carbocycles. The second-order valence-electron chi connectivity index (χ2n) is 10.6. The Hall–Kier alpha value is -5.31. The number of hydrogen-bond acceptors (Lipinski definition) is 10. The van der Waals surface area contributed by atoms with Gasteiger partial charge >= 0.3 is 11.9 Å². The fourth-order valence-corrected chi connectivity index (χ4v) is 6.37. The zero-order valence-electron chi connectivity index (χ0n) is 25.0. The number of fused-ring (bicyclic) bond motifs is 1. The van der Waals surface area contributed by atoms with Crippen molar-refractivity contribution in [1.82, 2.24) is 5.32 Å². The van der Waals surface area contributed by atoms with Crippen molar-refractivity contribution in [3.05, 3.63) is 87.2 Å². The van der Waals surface area contributed by atoms with Gasteiger partial charge in [0.05, 0.1) is 47.9 Å². The number of nitro groups is 1. The standard InChI is InChI=1S/C31H28FN3O10S/c1-33-29(36)26-22-14-20(16-5-6-16)24(15-25(22)45-28(26)17-7-9-18(32)10-8-17)34(46(4,41)42)19-11-12-23(35(39)40)21(13-19)27(30(37)43-2)31(38)44-3/h7-16,27H,5-6H2,1-4H3,(H,33,36). The van der Waals surface area contributed by atoms with E-state index in [2.05, 4.69) is 5.32 Å². The van der Waals surface area contributed by atoms with Crippen LogP contribution in [0.4, 0.5) is 21.5 Å². The number of halogens is 1. The monoisotopic (exact) mass is 653 g/mol. The molecule has 0 atom stereocenters. The van der Waals surface area contributed by atoms with Crippen LogP contribution in [-0.4, -0.2) is 58.7 Å². The third-order valence-electron chi connectivity index (χ3n) is 7.59. The minimum atomic E-state index is -4.21. The number of ether oxygens (including phenoxy) is 2. The molecule has 1 amide bonds. The molecule has 0 unspecified atom stereocenters. The summed E-state index contributed by atoms with van der Waals surface area (Å²) in [6.45, 7) is 0. The van der Waals surface area contributed by atoms with Gasteiger partial charge in [0.1, 0.15) is 17.2 Å². The molecule has 0 aliphatic heterocycles. The van der Waals surface area contributed by atoms with Crippen molar-refractivity contribution in [2.45, 2.75) is 24.7 Å². The first-order chi connectivity index (χ1) is 21.8. The SMILES string of the molecule is CNC(=O)c1c(-c2ccc(F)cc2)oc2cc(N(c3ccc([N+](=O)[O-])c(C(C(=O)OC)C(=O)OC)c3)S(C)(=O)=O)c(C3CC3)cc12. The molecule has 46 heavy (non-hydrogen) atoms. The van der Waals surface area contributed by atoms with E-state index in [0.29, 0.717) is 29.4 Å². The summed E-state index contributed by atoms with van der Waals surface area (Å²) in [6.07, 6.45) is 2.35. The molecular formula is C31H28FN3O10S. The number of benzene rings is 3. The largest absolute Gasteiger partial charge is 0.468 e. The Kier molecular flexibility index (Phi) is 8.54. The van der Waals surface area contributed by atoms with Crippen LogP contribution in [-0.2, 0) is 29.1 Å². The third kappa shape index (κ3) is 5.88. The molecule has 5 rings (SSSR count). The highest BCUT2D eigenvalue weighted by atomic mass is 32.2. The van der Waals surface area contributed by atoms with Gasteiger partial charge in [-0.15, -0.1) is 0 Å². The average Bonchev–Trinajstić information content (AvgIpc) is 3.80. The van der Waals surface area contributed by atoms with E-state index in [4.69, 9.17) is 13.9 Å². The van der Waals surface area contributed by atoms with E-state index >= 15 is 0 Å². The van der Waals surface area contributed by atoms with E-state index in [1.807, 2.05) is 0 Å². The summed E-state index contributed by atoms with van der Waals surface area (Å²) >= 11 is 0. The predicted octanol–water partition coefficient (Wildman–Crippen LogP) is 4.91. The Morgan fingerprint density at radius 2 is 1.67 bits per heavy atom. The van der Waals surface area contributed by atoms with Gasteiger partial charge < -0.3 is 19.2 Å². The van der Waals surface area contributed by atoms with Crippen LogP contribution in [0.2, 0.25) is 0 Å². The Morgan fingerprint density at radius 1 is 1.04 bits per heavy atom. The number of esters is 2. The number of sulfonamides is 1. The molecule has 0 spiro atoms. The molecule has 15 heteroatoms. The minimum absolute atomic E-state index is 0.0965. The van der Waals surface area contributed by atoms with Gasteiger partial charge in [-0.25, -0.2) is 17.1 Å². The fourth-order valence-electron chi connectivity index (χ4n) is 5.36. The number of amides is 1. The van der Waals surface area contributed by atoms with Crippen LogP contribution in [0.15, 0.2) is 59.0 Å². The van der Waals surface area contributed by atoms with Gasteiger partial charge in [0.2, 0.25) is 10.0 Å². The highest BCUT2D eigenvalue weighted by Gasteiger charge is 2.39. The zero-order chi connectivity index (χ0) is 33.5.